The number of aliphatic hydroxyl groups excluding tert-OH is 5. The van der Waals surface area contributed by atoms with E-state index in [-0.39, 0.29) is 18.9 Å². The summed E-state index contributed by atoms with van der Waals surface area (Å²) in [4.78, 5) is 12.1. The predicted molar refractivity (Wildman–Crippen MR) is 138 cm³/mol. The first-order valence-corrected chi connectivity index (χ1v) is 13.2. The fraction of sp³-hybridized carbons (Fsp3) is 0.741. The molecule has 1 amide bonds. The van der Waals surface area contributed by atoms with E-state index in [0.717, 1.165) is 32.1 Å². The lowest BCUT2D eigenvalue weighted by Crippen LogP contribution is -2.60. The number of hydrogen-bond acceptors (Lipinski definition) is 8. The van der Waals surface area contributed by atoms with Gasteiger partial charge in [-0.1, -0.05) is 63.1 Å². The molecule has 1 saturated heterocycles. The summed E-state index contributed by atoms with van der Waals surface area (Å²) >= 11 is 0. The highest BCUT2D eigenvalue weighted by atomic mass is 16.7. The van der Waals surface area contributed by atoms with E-state index < -0.39 is 49.5 Å². The van der Waals surface area contributed by atoms with E-state index in [0.29, 0.717) is 6.42 Å². The quantitative estimate of drug-likeness (QED) is 0.120. The van der Waals surface area contributed by atoms with Crippen molar-refractivity contribution >= 4 is 5.91 Å². The lowest BCUT2D eigenvalue weighted by atomic mass is 9.99. The smallest absolute Gasteiger partial charge is 0.220 e. The largest absolute Gasteiger partial charge is 0.394 e. The van der Waals surface area contributed by atoms with Gasteiger partial charge in [-0.3, -0.25) is 4.79 Å². The molecule has 36 heavy (non-hydrogen) atoms. The summed E-state index contributed by atoms with van der Waals surface area (Å²) in [7, 11) is 0. The third-order valence-corrected chi connectivity index (χ3v) is 5.92. The maximum atomic E-state index is 12.1. The summed E-state index contributed by atoms with van der Waals surface area (Å²) in [5, 5.41) is 52.7. The van der Waals surface area contributed by atoms with Crippen LogP contribution in [0.15, 0.2) is 36.5 Å². The van der Waals surface area contributed by atoms with Gasteiger partial charge in [-0.25, -0.2) is 0 Å². The minimum absolute atomic E-state index is 0.213. The van der Waals surface area contributed by atoms with E-state index in [9.17, 15) is 30.3 Å². The first-order chi connectivity index (χ1) is 17.3. The maximum Gasteiger partial charge on any atom is 0.220 e. The average Bonchev–Trinajstić information content (AvgIpc) is 2.86. The molecule has 0 aromatic heterocycles. The zero-order valence-corrected chi connectivity index (χ0v) is 21.7. The highest BCUT2D eigenvalue weighted by Crippen LogP contribution is 2.22. The number of allylic oxidation sites excluding steroid dienone is 5. The van der Waals surface area contributed by atoms with Crippen LogP contribution in [0.1, 0.15) is 71.6 Å². The van der Waals surface area contributed by atoms with Crippen LogP contribution < -0.4 is 5.32 Å². The van der Waals surface area contributed by atoms with Gasteiger partial charge in [0.25, 0.3) is 0 Å². The lowest BCUT2D eigenvalue weighted by molar-refractivity contribution is -0.302. The second-order valence-electron chi connectivity index (χ2n) is 9.11. The van der Waals surface area contributed by atoms with Gasteiger partial charge in [-0.15, -0.1) is 0 Å². The predicted octanol–water partition coefficient (Wildman–Crippen LogP) is 1.87. The van der Waals surface area contributed by atoms with Crippen molar-refractivity contribution < 1.29 is 39.8 Å². The van der Waals surface area contributed by atoms with E-state index in [1.807, 2.05) is 13.0 Å². The molecule has 9 nitrogen and oxygen atoms in total. The fourth-order valence-electron chi connectivity index (χ4n) is 3.68. The first kappa shape index (κ1) is 32.4. The van der Waals surface area contributed by atoms with Crippen LogP contribution in [0.2, 0.25) is 0 Å². The Morgan fingerprint density at radius 2 is 1.53 bits per heavy atom. The van der Waals surface area contributed by atoms with Gasteiger partial charge in [-0.2, -0.15) is 0 Å². The Bertz CT molecular complexity index is 666. The number of amides is 1. The molecule has 208 valence electrons. The van der Waals surface area contributed by atoms with Crippen molar-refractivity contribution in [2.75, 3.05) is 13.2 Å². The molecule has 0 saturated carbocycles. The molecule has 7 atom stereocenters. The monoisotopic (exact) mass is 513 g/mol. The van der Waals surface area contributed by atoms with Gasteiger partial charge >= 0.3 is 0 Å². The second-order valence-corrected chi connectivity index (χ2v) is 9.11. The van der Waals surface area contributed by atoms with E-state index in [4.69, 9.17) is 9.47 Å². The number of nitrogens with one attached hydrogen (secondary N) is 1. The van der Waals surface area contributed by atoms with Gasteiger partial charge in [0, 0.05) is 6.42 Å². The number of ether oxygens (including phenoxy) is 2. The van der Waals surface area contributed by atoms with Gasteiger partial charge in [0.15, 0.2) is 6.29 Å². The van der Waals surface area contributed by atoms with Crippen molar-refractivity contribution in [1.29, 1.82) is 0 Å². The molecule has 0 bridgehead atoms. The molecule has 1 aliphatic heterocycles. The molecule has 0 aromatic carbocycles. The first-order valence-electron chi connectivity index (χ1n) is 13.2. The van der Waals surface area contributed by atoms with E-state index in [2.05, 4.69) is 36.5 Å². The summed E-state index contributed by atoms with van der Waals surface area (Å²) in [6.45, 7) is 3.27. The Labute approximate surface area is 215 Å². The summed E-state index contributed by atoms with van der Waals surface area (Å²) < 4.78 is 10.9. The van der Waals surface area contributed by atoms with Gasteiger partial charge in [-0.05, 0) is 38.5 Å². The van der Waals surface area contributed by atoms with Crippen molar-refractivity contribution in [2.45, 2.75) is 114 Å². The Hall–Kier alpha value is -1.59. The van der Waals surface area contributed by atoms with Crippen LogP contribution in [0.4, 0.5) is 0 Å². The zero-order valence-electron chi connectivity index (χ0n) is 21.7. The standard InChI is InChI=1S/C27H47NO8/c1-3-5-6-7-8-9-10-11-12-13-14-15-17-21(30)20(28-23(31)16-4-2)19-35-27-26(34)25(33)24(32)22(18-29)36-27/h7-8,11-12,15,17,20-22,24-27,29-30,32-34H,3-6,9-10,13-14,16,18-19H2,1-2H3,(H,28,31)/b8-7+,12-11+,17-15+. The third-order valence-electron chi connectivity index (χ3n) is 5.92. The average molecular weight is 514 g/mol. The third kappa shape index (κ3) is 12.6. The van der Waals surface area contributed by atoms with E-state index in [1.165, 1.54) is 12.8 Å². The van der Waals surface area contributed by atoms with Gasteiger partial charge in [0.2, 0.25) is 5.91 Å². The van der Waals surface area contributed by atoms with Crippen LogP contribution in [0.3, 0.4) is 0 Å². The summed E-state index contributed by atoms with van der Waals surface area (Å²) in [6.07, 6.45) is 12.1. The molecule has 0 aromatic rings. The molecule has 0 aliphatic carbocycles. The molecule has 0 spiro atoms. The number of carbonyl (C=O) groups is 1. The molecule has 6 N–H and O–H groups in total. The van der Waals surface area contributed by atoms with Crippen molar-refractivity contribution in [3.63, 3.8) is 0 Å². The molecule has 7 unspecified atom stereocenters. The van der Waals surface area contributed by atoms with Crippen molar-refractivity contribution in [3.8, 4) is 0 Å². The lowest BCUT2D eigenvalue weighted by Gasteiger charge is -2.40. The number of unbranched alkanes of at least 4 members (excludes halogenated alkanes) is 4. The molecule has 1 aliphatic rings. The fourth-order valence-corrected chi connectivity index (χ4v) is 3.68. The number of aliphatic hydroxyl groups is 5. The Morgan fingerprint density at radius 1 is 0.917 bits per heavy atom. The maximum absolute atomic E-state index is 12.1. The number of hydrogen-bond donors (Lipinski definition) is 6. The Morgan fingerprint density at radius 3 is 2.11 bits per heavy atom. The minimum Gasteiger partial charge on any atom is -0.394 e. The van der Waals surface area contributed by atoms with Crippen LogP contribution in [-0.2, 0) is 14.3 Å². The van der Waals surface area contributed by atoms with Crippen LogP contribution >= 0.6 is 0 Å². The topological polar surface area (TPSA) is 149 Å². The summed E-state index contributed by atoms with van der Waals surface area (Å²) in [5.41, 5.74) is 0. The minimum atomic E-state index is -1.57. The van der Waals surface area contributed by atoms with Crippen LogP contribution in [-0.4, -0.2) is 87.5 Å². The van der Waals surface area contributed by atoms with Crippen LogP contribution in [0, 0.1) is 0 Å². The zero-order chi connectivity index (χ0) is 26.8. The van der Waals surface area contributed by atoms with E-state index in [1.54, 1.807) is 6.08 Å². The second kappa shape index (κ2) is 19.5. The number of rotatable bonds is 18. The Kier molecular flexibility index (Phi) is 17.6. The van der Waals surface area contributed by atoms with Gasteiger partial charge < -0.3 is 40.3 Å². The normalized spacial score (nSPS) is 26.7. The molecule has 1 fully saturated rings. The SMILES string of the molecule is CCCC/C=C/CC/C=C/CC/C=C/C(O)C(COC1OC(CO)C(O)C(O)C1O)NC(=O)CCC. The molecule has 1 rings (SSSR count). The number of carbonyl (C=O) groups excluding carboxylic acids is 1. The van der Waals surface area contributed by atoms with Crippen molar-refractivity contribution in [1.82, 2.24) is 5.32 Å². The van der Waals surface area contributed by atoms with Crippen LogP contribution in [0.25, 0.3) is 0 Å². The van der Waals surface area contributed by atoms with Gasteiger partial charge in [0.05, 0.1) is 25.4 Å². The highest BCUT2D eigenvalue weighted by Gasteiger charge is 2.44. The summed E-state index contributed by atoms with van der Waals surface area (Å²) in [5.74, 6) is -0.251. The molecule has 9 heteroatoms. The van der Waals surface area contributed by atoms with Crippen LogP contribution in [0.5, 0.6) is 0 Å². The molecule has 1 heterocycles. The molecule has 0 radical (unpaired) electrons. The van der Waals surface area contributed by atoms with Gasteiger partial charge in [0.1, 0.15) is 24.4 Å². The van der Waals surface area contributed by atoms with Crippen molar-refractivity contribution in [2.24, 2.45) is 0 Å². The summed E-state index contributed by atoms with van der Waals surface area (Å²) in [6, 6.07) is -0.817. The Balaban J connectivity index is 2.54. The molecular weight excluding hydrogens is 466 g/mol. The molecular formula is C27H47NO8. The highest BCUT2D eigenvalue weighted by molar-refractivity contribution is 5.76. The van der Waals surface area contributed by atoms with E-state index >= 15 is 0 Å². The van der Waals surface area contributed by atoms with Crippen molar-refractivity contribution in [3.05, 3.63) is 36.5 Å².